The van der Waals surface area contributed by atoms with E-state index in [1.807, 2.05) is 17.5 Å². The molecule has 0 saturated heterocycles. The van der Waals surface area contributed by atoms with Gasteiger partial charge in [-0.3, -0.25) is 4.79 Å². The van der Waals surface area contributed by atoms with Crippen molar-refractivity contribution in [1.29, 1.82) is 0 Å². The Morgan fingerprint density at radius 3 is 2.75 bits per heavy atom. The van der Waals surface area contributed by atoms with E-state index in [1.54, 1.807) is 24.3 Å². The molecule has 0 spiro atoms. The molecule has 1 aromatic heterocycles. The zero-order valence-corrected chi connectivity index (χ0v) is 11.5. The Bertz CT molecular complexity index is 651. The number of amides is 1. The minimum Gasteiger partial charge on any atom is -0.479 e. The van der Waals surface area contributed by atoms with Gasteiger partial charge in [-0.1, -0.05) is 24.3 Å². The molecule has 1 atom stereocenters. The molecule has 20 heavy (non-hydrogen) atoms. The van der Waals surface area contributed by atoms with E-state index >= 15 is 0 Å². The third-order valence-electron chi connectivity index (χ3n) is 3.49. The summed E-state index contributed by atoms with van der Waals surface area (Å²) < 4.78 is 0. The standard InChI is InChI=1S/C15H13NO3S/c17-14-11-5-2-1-4-10(11)7-8-16(14)13(15(18)19)12-6-3-9-20-12/h1-6,9,13H,7-8H2,(H,18,19). The number of carboxylic acid groups (broad SMARTS) is 1. The lowest BCUT2D eigenvalue weighted by Gasteiger charge is -2.32. The fourth-order valence-corrected chi connectivity index (χ4v) is 3.37. The molecular formula is C15H13NO3S. The summed E-state index contributed by atoms with van der Waals surface area (Å²) in [6.07, 6.45) is 0.692. The summed E-state index contributed by atoms with van der Waals surface area (Å²) in [6.45, 7) is 0.435. The smallest absolute Gasteiger partial charge is 0.331 e. The van der Waals surface area contributed by atoms with Gasteiger partial charge in [-0.15, -0.1) is 11.3 Å². The van der Waals surface area contributed by atoms with Crippen LogP contribution in [-0.4, -0.2) is 28.4 Å². The van der Waals surface area contributed by atoms with Crippen molar-refractivity contribution in [2.24, 2.45) is 0 Å². The summed E-state index contributed by atoms with van der Waals surface area (Å²) in [4.78, 5) is 26.2. The highest BCUT2D eigenvalue weighted by molar-refractivity contribution is 7.10. The van der Waals surface area contributed by atoms with Crippen molar-refractivity contribution < 1.29 is 14.7 Å². The summed E-state index contributed by atoms with van der Waals surface area (Å²) >= 11 is 1.36. The monoisotopic (exact) mass is 287 g/mol. The normalized spacial score (nSPS) is 15.8. The third kappa shape index (κ3) is 2.10. The predicted octanol–water partition coefficient (Wildman–Crippen LogP) is 2.57. The lowest BCUT2D eigenvalue weighted by molar-refractivity contribution is -0.142. The van der Waals surface area contributed by atoms with E-state index in [2.05, 4.69) is 0 Å². The Hall–Kier alpha value is -2.14. The second-order valence-corrected chi connectivity index (χ2v) is 5.64. The second kappa shape index (κ2) is 5.09. The fraction of sp³-hybridized carbons (Fsp3) is 0.200. The first-order valence-electron chi connectivity index (χ1n) is 6.33. The Balaban J connectivity index is 1.98. The van der Waals surface area contributed by atoms with Gasteiger partial charge in [0.15, 0.2) is 6.04 Å². The first-order chi connectivity index (χ1) is 9.68. The van der Waals surface area contributed by atoms with Gasteiger partial charge in [0.1, 0.15) is 0 Å². The number of aliphatic carboxylic acids is 1. The van der Waals surface area contributed by atoms with Gasteiger partial charge in [-0.05, 0) is 29.5 Å². The van der Waals surface area contributed by atoms with Crippen LogP contribution in [0, 0.1) is 0 Å². The lowest BCUT2D eigenvalue weighted by atomic mass is 9.97. The van der Waals surface area contributed by atoms with E-state index in [0.29, 0.717) is 23.4 Å². The average Bonchev–Trinajstić information content (AvgIpc) is 2.95. The quantitative estimate of drug-likeness (QED) is 0.944. The van der Waals surface area contributed by atoms with Crippen molar-refractivity contribution in [3.05, 3.63) is 57.8 Å². The molecule has 2 heterocycles. The number of rotatable bonds is 3. The Kier molecular flexibility index (Phi) is 3.28. The molecule has 1 aliphatic heterocycles. The van der Waals surface area contributed by atoms with Crippen LogP contribution in [0.2, 0.25) is 0 Å². The molecule has 0 bridgehead atoms. The van der Waals surface area contributed by atoms with Crippen molar-refractivity contribution in [3.8, 4) is 0 Å². The fourth-order valence-electron chi connectivity index (χ4n) is 2.55. The van der Waals surface area contributed by atoms with Crippen LogP contribution in [-0.2, 0) is 11.2 Å². The lowest BCUT2D eigenvalue weighted by Crippen LogP contribution is -2.43. The maximum Gasteiger partial charge on any atom is 0.331 e. The van der Waals surface area contributed by atoms with Crippen LogP contribution >= 0.6 is 11.3 Å². The van der Waals surface area contributed by atoms with Gasteiger partial charge >= 0.3 is 5.97 Å². The number of thiophene rings is 1. The molecule has 0 saturated carbocycles. The molecule has 2 aromatic rings. The molecule has 1 aliphatic rings. The zero-order valence-electron chi connectivity index (χ0n) is 10.7. The van der Waals surface area contributed by atoms with Gasteiger partial charge in [-0.25, -0.2) is 4.79 Å². The SMILES string of the molecule is O=C(O)C(c1cccs1)N1CCc2ccccc2C1=O. The number of nitrogens with zero attached hydrogens (tertiary/aromatic N) is 1. The Morgan fingerprint density at radius 2 is 2.05 bits per heavy atom. The molecule has 1 amide bonds. The van der Waals surface area contributed by atoms with E-state index in [0.717, 1.165) is 5.56 Å². The molecule has 1 unspecified atom stereocenters. The summed E-state index contributed by atoms with van der Waals surface area (Å²) in [5.74, 6) is -1.19. The van der Waals surface area contributed by atoms with Crippen LogP contribution < -0.4 is 0 Å². The van der Waals surface area contributed by atoms with E-state index < -0.39 is 12.0 Å². The molecule has 1 N–H and O–H groups in total. The van der Waals surface area contributed by atoms with Gasteiger partial charge in [0.25, 0.3) is 5.91 Å². The largest absolute Gasteiger partial charge is 0.479 e. The van der Waals surface area contributed by atoms with Crippen molar-refractivity contribution in [2.75, 3.05) is 6.54 Å². The van der Waals surface area contributed by atoms with Gasteiger partial charge in [0.05, 0.1) is 0 Å². The van der Waals surface area contributed by atoms with Crippen molar-refractivity contribution >= 4 is 23.2 Å². The number of hydrogen-bond donors (Lipinski definition) is 1. The van der Waals surface area contributed by atoms with Crippen LogP contribution in [0.15, 0.2) is 41.8 Å². The molecule has 0 fully saturated rings. The molecule has 1 aromatic carbocycles. The number of carbonyl (C=O) groups excluding carboxylic acids is 1. The topological polar surface area (TPSA) is 57.6 Å². The van der Waals surface area contributed by atoms with Gasteiger partial charge in [0.2, 0.25) is 0 Å². The first-order valence-corrected chi connectivity index (χ1v) is 7.21. The molecular weight excluding hydrogens is 274 g/mol. The molecule has 0 radical (unpaired) electrons. The Morgan fingerprint density at radius 1 is 1.25 bits per heavy atom. The van der Waals surface area contributed by atoms with Gasteiger partial charge < -0.3 is 10.0 Å². The van der Waals surface area contributed by atoms with E-state index in [4.69, 9.17) is 0 Å². The van der Waals surface area contributed by atoms with Crippen LogP contribution in [0.3, 0.4) is 0 Å². The minimum absolute atomic E-state index is 0.201. The van der Waals surface area contributed by atoms with Gasteiger partial charge in [0, 0.05) is 17.0 Å². The summed E-state index contributed by atoms with van der Waals surface area (Å²) in [5, 5.41) is 11.3. The highest BCUT2D eigenvalue weighted by Crippen LogP contribution is 2.30. The highest BCUT2D eigenvalue weighted by Gasteiger charge is 2.35. The molecule has 3 rings (SSSR count). The maximum atomic E-state index is 12.5. The summed E-state index contributed by atoms with van der Waals surface area (Å²) in [5.41, 5.74) is 1.60. The first kappa shape index (κ1) is 12.9. The Labute approximate surface area is 120 Å². The zero-order chi connectivity index (χ0) is 14.1. The van der Waals surface area contributed by atoms with E-state index in [1.165, 1.54) is 16.2 Å². The molecule has 0 aliphatic carbocycles. The molecule has 102 valence electrons. The van der Waals surface area contributed by atoms with Crippen LogP contribution in [0.1, 0.15) is 26.8 Å². The molecule has 5 heteroatoms. The van der Waals surface area contributed by atoms with Gasteiger partial charge in [-0.2, -0.15) is 0 Å². The summed E-state index contributed by atoms with van der Waals surface area (Å²) in [7, 11) is 0. The van der Waals surface area contributed by atoms with Crippen molar-refractivity contribution in [1.82, 2.24) is 4.90 Å². The maximum absolute atomic E-state index is 12.5. The third-order valence-corrected chi connectivity index (χ3v) is 4.41. The van der Waals surface area contributed by atoms with E-state index in [-0.39, 0.29) is 5.91 Å². The second-order valence-electron chi connectivity index (χ2n) is 4.66. The number of benzene rings is 1. The number of carbonyl (C=O) groups is 2. The number of fused-ring (bicyclic) bond motifs is 1. The van der Waals surface area contributed by atoms with Crippen LogP contribution in [0.4, 0.5) is 0 Å². The van der Waals surface area contributed by atoms with Crippen molar-refractivity contribution in [3.63, 3.8) is 0 Å². The minimum atomic E-state index is -0.986. The predicted molar refractivity (Wildman–Crippen MR) is 75.9 cm³/mol. The van der Waals surface area contributed by atoms with E-state index in [9.17, 15) is 14.7 Å². The molecule has 4 nitrogen and oxygen atoms in total. The highest BCUT2D eigenvalue weighted by atomic mass is 32.1. The average molecular weight is 287 g/mol. The number of carboxylic acids is 1. The van der Waals surface area contributed by atoms with Crippen molar-refractivity contribution in [2.45, 2.75) is 12.5 Å². The number of hydrogen-bond acceptors (Lipinski definition) is 3. The van der Waals surface area contributed by atoms with Crippen LogP contribution in [0.5, 0.6) is 0 Å². The van der Waals surface area contributed by atoms with Crippen LogP contribution in [0.25, 0.3) is 0 Å². The summed E-state index contributed by atoms with van der Waals surface area (Å²) in [6, 6.07) is 10.1.